The van der Waals surface area contributed by atoms with Gasteiger partial charge in [0, 0.05) is 11.7 Å². The molecule has 1 rings (SSSR count). The Hall–Kier alpha value is -1.18. The summed E-state index contributed by atoms with van der Waals surface area (Å²) in [6.45, 7) is 6.24. The standard InChI is InChI=1S/C21H37FN2O3S/c1-5-18(9-6-7-15-21(2,3)22)23-16-8-10-20(25)17-11-13-19(14-12-17)24-28(4,26)27/h11-14,18,20,23-25H,5-10,15-16H2,1-4H3. The van der Waals surface area contributed by atoms with Crippen molar-refractivity contribution in [1.82, 2.24) is 5.32 Å². The molecule has 0 fully saturated rings. The van der Waals surface area contributed by atoms with Gasteiger partial charge in [0.1, 0.15) is 5.67 Å². The van der Waals surface area contributed by atoms with Crippen LogP contribution in [0.3, 0.4) is 0 Å². The second-order valence-electron chi connectivity index (χ2n) is 8.18. The summed E-state index contributed by atoms with van der Waals surface area (Å²) in [5.74, 6) is 0. The van der Waals surface area contributed by atoms with Crippen LogP contribution in [0.5, 0.6) is 0 Å². The van der Waals surface area contributed by atoms with Crippen LogP contribution in [0.4, 0.5) is 10.1 Å². The lowest BCUT2D eigenvalue weighted by molar-refractivity contribution is 0.163. The van der Waals surface area contributed by atoms with Crippen molar-refractivity contribution in [2.45, 2.75) is 83.5 Å². The average Bonchev–Trinajstić information content (AvgIpc) is 2.58. The van der Waals surface area contributed by atoms with Crippen molar-refractivity contribution in [3.05, 3.63) is 29.8 Å². The molecule has 0 saturated heterocycles. The van der Waals surface area contributed by atoms with Gasteiger partial charge in [0.25, 0.3) is 0 Å². The molecule has 0 aliphatic carbocycles. The number of aliphatic hydroxyl groups excluding tert-OH is 1. The molecule has 2 unspecified atom stereocenters. The molecule has 0 spiro atoms. The summed E-state index contributed by atoms with van der Waals surface area (Å²) in [6, 6.07) is 7.23. The molecule has 0 aliphatic heterocycles. The average molecular weight is 417 g/mol. The van der Waals surface area contributed by atoms with E-state index < -0.39 is 21.8 Å². The first kappa shape index (κ1) is 24.9. The monoisotopic (exact) mass is 416 g/mol. The van der Waals surface area contributed by atoms with Crippen LogP contribution >= 0.6 is 0 Å². The number of halogens is 1. The van der Waals surface area contributed by atoms with Crippen molar-refractivity contribution in [2.24, 2.45) is 0 Å². The maximum atomic E-state index is 13.5. The Balaban J connectivity index is 2.28. The van der Waals surface area contributed by atoms with Crippen LogP contribution in [0.25, 0.3) is 0 Å². The molecule has 2 atom stereocenters. The summed E-state index contributed by atoms with van der Waals surface area (Å²) in [7, 11) is -3.29. The molecule has 0 aromatic heterocycles. The topological polar surface area (TPSA) is 78.4 Å². The van der Waals surface area contributed by atoms with Gasteiger partial charge in [-0.3, -0.25) is 4.72 Å². The fourth-order valence-electron chi connectivity index (χ4n) is 3.14. The van der Waals surface area contributed by atoms with Gasteiger partial charge in [0.2, 0.25) is 10.0 Å². The molecular formula is C21H37FN2O3S. The molecule has 3 N–H and O–H groups in total. The quantitative estimate of drug-likeness (QED) is 0.389. The minimum absolute atomic E-state index is 0.432. The first-order chi connectivity index (χ1) is 13.0. The molecule has 0 bridgehead atoms. The Kier molecular flexibility index (Phi) is 10.4. The van der Waals surface area contributed by atoms with Gasteiger partial charge in [0.05, 0.1) is 12.4 Å². The molecule has 1 aromatic carbocycles. The van der Waals surface area contributed by atoms with Crippen molar-refractivity contribution < 1.29 is 17.9 Å². The van der Waals surface area contributed by atoms with Gasteiger partial charge in [-0.2, -0.15) is 0 Å². The van der Waals surface area contributed by atoms with Crippen molar-refractivity contribution in [3.63, 3.8) is 0 Å². The minimum atomic E-state index is -3.29. The number of alkyl halides is 1. The van der Waals surface area contributed by atoms with Crippen LogP contribution in [0.1, 0.15) is 77.4 Å². The zero-order valence-electron chi connectivity index (χ0n) is 17.7. The van der Waals surface area contributed by atoms with Gasteiger partial charge in [-0.1, -0.05) is 31.9 Å². The molecule has 28 heavy (non-hydrogen) atoms. The molecule has 1 aromatic rings. The maximum Gasteiger partial charge on any atom is 0.229 e. The molecule has 0 saturated carbocycles. The molecule has 162 valence electrons. The Bertz CT molecular complexity index is 657. The van der Waals surface area contributed by atoms with Gasteiger partial charge in [-0.15, -0.1) is 0 Å². The summed E-state index contributed by atoms with van der Waals surface area (Å²) >= 11 is 0. The number of sulfonamides is 1. The number of aliphatic hydroxyl groups is 1. The molecule has 0 radical (unpaired) electrons. The van der Waals surface area contributed by atoms with E-state index in [2.05, 4.69) is 17.0 Å². The predicted molar refractivity (Wildman–Crippen MR) is 115 cm³/mol. The van der Waals surface area contributed by atoms with E-state index in [9.17, 15) is 17.9 Å². The predicted octanol–water partition coefficient (Wildman–Crippen LogP) is 4.55. The number of hydrogen-bond donors (Lipinski definition) is 3. The third kappa shape index (κ3) is 11.6. The van der Waals surface area contributed by atoms with Gasteiger partial charge in [-0.25, -0.2) is 12.8 Å². The van der Waals surface area contributed by atoms with Crippen LogP contribution in [0, 0.1) is 0 Å². The van der Waals surface area contributed by atoms with E-state index >= 15 is 0 Å². The lowest BCUT2D eigenvalue weighted by Crippen LogP contribution is -2.29. The SMILES string of the molecule is CCC(CCCCC(C)(C)F)NCCCC(O)c1ccc(NS(C)(=O)=O)cc1. The molecule has 0 heterocycles. The highest BCUT2D eigenvalue weighted by atomic mass is 32.2. The van der Waals surface area contributed by atoms with Gasteiger partial charge >= 0.3 is 0 Å². The summed E-state index contributed by atoms with van der Waals surface area (Å²) in [5.41, 5.74) is 0.187. The van der Waals surface area contributed by atoms with E-state index in [1.165, 1.54) is 0 Å². The van der Waals surface area contributed by atoms with E-state index in [0.717, 1.165) is 50.5 Å². The van der Waals surface area contributed by atoms with Gasteiger partial charge in [-0.05, 0) is 70.2 Å². The second-order valence-corrected chi connectivity index (χ2v) is 9.93. The zero-order valence-corrected chi connectivity index (χ0v) is 18.5. The van der Waals surface area contributed by atoms with Crippen molar-refractivity contribution in [2.75, 3.05) is 17.5 Å². The molecule has 7 heteroatoms. The van der Waals surface area contributed by atoms with Crippen LogP contribution in [0.15, 0.2) is 24.3 Å². The van der Waals surface area contributed by atoms with Crippen molar-refractivity contribution >= 4 is 15.7 Å². The first-order valence-electron chi connectivity index (χ1n) is 10.2. The second kappa shape index (κ2) is 11.7. The summed E-state index contributed by atoms with van der Waals surface area (Å²) in [6.07, 6.45) is 6.64. The lowest BCUT2D eigenvalue weighted by atomic mass is 9.99. The zero-order chi connectivity index (χ0) is 21.2. The van der Waals surface area contributed by atoms with Gasteiger partial charge < -0.3 is 10.4 Å². The van der Waals surface area contributed by atoms with Crippen LogP contribution < -0.4 is 10.0 Å². The third-order valence-electron chi connectivity index (χ3n) is 4.75. The van der Waals surface area contributed by atoms with E-state index in [1.807, 2.05) is 0 Å². The highest BCUT2D eigenvalue weighted by Gasteiger charge is 2.15. The minimum Gasteiger partial charge on any atom is -0.388 e. The van der Waals surface area contributed by atoms with Crippen LogP contribution in [-0.4, -0.2) is 38.0 Å². The highest BCUT2D eigenvalue weighted by Crippen LogP contribution is 2.21. The normalized spacial score (nSPS) is 14.6. The van der Waals surface area contributed by atoms with E-state index in [0.29, 0.717) is 24.6 Å². The van der Waals surface area contributed by atoms with Gasteiger partial charge in [0.15, 0.2) is 0 Å². The molecular weight excluding hydrogens is 379 g/mol. The molecule has 0 amide bonds. The Morgan fingerprint density at radius 3 is 2.29 bits per heavy atom. The van der Waals surface area contributed by atoms with E-state index in [4.69, 9.17) is 0 Å². The number of hydrogen-bond acceptors (Lipinski definition) is 4. The van der Waals surface area contributed by atoms with Crippen LogP contribution in [-0.2, 0) is 10.0 Å². The molecule has 5 nitrogen and oxygen atoms in total. The van der Waals surface area contributed by atoms with Crippen molar-refractivity contribution in [3.8, 4) is 0 Å². The molecule has 0 aliphatic rings. The Labute approximate surface area is 170 Å². The number of unbranched alkanes of at least 4 members (excludes halogenated alkanes) is 1. The van der Waals surface area contributed by atoms with E-state index in [-0.39, 0.29) is 0 Å². The van der Waals surface area contributed by atoms with Crippen molar-refractivity contribution in [1.29, 1.82) is 0 Å². The fraction of sp³-hybridized carbons (Fsp3) is 0.714. The summed E-state index contributed by atoms with van der Waals surface area (Å²) in [5, 5.41) is 13.8. The fourth-order valence-corrected chi connectivity index (χ4v) is 3.71. The summed E-state index contributed by atoms with van der Waals surface area (Å²) in [4.78, 5) is 0. The number of anilines is 1. The van der Waals surface area contributed by atoms with E-state index in [1.54, 1.807) is 38.1 Å². The number of nitrogens with one attached hydrogen (secondary N) is 2. The Morgan fingerprint density at radius 1 is 1.11 bits per heavy atom. The smallest absolute Gasteiger partial charge is 0.229 e. The lowest BCUT2D eigenvalue weighted by Gasteiger charge is -2.19. The first-order valence-corrected chi connectivity index (χ1v) is 12.1. The summed E-state index contributed by atoms with van der Waals surface area (Å²) < 4.78 is 38.3. The number of benzene rings is 1. The van der Waals surface area contributed by atoms with Crippen LogP contribution in [0.2, 0.25) is 0 Å². The highest BCUT2D eigenvalue weighted by molar-refractivity contribution is 7.92. The third-order valence-corrected chi connectivity index (χ3v) is 5.36. The maximum absolute atomic E-state index is 13.5. The Morgan fingerprint density at radius 2 is 1.75 bits per heavy atom. The largest absolute Gasteiger partial charge is 0.388 e. The number of rotatable bonds is 14.